The molecular weight excluding hydrogens is 330 g/mol. The number of nitrogens with one attached hydrogen (secondary N) is 1. The van der Waals surface area contributed by atoms with E-state index in [1.807, 2.05) is 36.0 Å². The highest BCUT2D eigenvalue weighted by molar-refractivity contribution is 8.28. The predicted molar refractivity (Wildman–Crippen MR) is 80.1 cm³/mol. The molecule has 0 radical (unpaired) electrons. The molecule has 1 aromatic heterocycles. The monoisotopic (exact) mass is 345 g/mol. The zero-order valence-corrected chi connectivity index (χ0v) is 13.3. The molecule has 22 heavy (non-hydrogen) atoms. The summed E-state index contributed by atoms with van der Waals surface area (Å²) in [5, 5.41) is 12.6. The van der Waals surface area contributed by atoms with Crippen LogP contribution < -0.4 is 5.64 Å². The molecule has 0 bridgehead atoms. The molecule has 0 saturated carbocycles. The van der Waals surface area contributed by atoms with Crippen LogP contribution in [-0.4, -0.2) is 29.1 Å². The molecule has 1 unspecified atom stereocenters. The third kappa shape index (κ3) is 2.76. The zero-order chi connectivity index (χ0) is 15.8. The fourth-order valence-electron chi connectivity index (χ4n) is 2.38. The van der Waals surface area contributed by atoms with Crippen molar-refractivity contribution in [2.45, 2.75) is 16.4 Å². The van der Waals surface area contributed by atoms with Crippen molar-refractivity contribution in [3.63, 3.8) is 0 Å². The highest BCUT2D eigenvalue weighted by atomic mass is 32.3. The van der Waals surface area contributed by atoms with Crippen LogP contribution in [0.2, 0.25) is 0 Å². The number of rotatable bonds is 5. The van der Waals surface area contributed by atoms with E-state index in [2.05, 4.69) is 10.1 Å². The Balaban J connectivity index is 1.96. The summed E-state index contributed by atoms with van der Waals surface area (Å²) in [6.07, 6.45) is 2.61. The molecule has 1 atom stereocenters. The Bertz CT molecular complexity index is 752. The Morgan fingerprint density at radius 2 is 2.05 bits per heavy atom. The summed E-state index contributed by atoms with van der Waals surface area (Å²) in [4.78, 5) is 4.78. The summed E-state index contributed by atoms with van der Waals surface area (Å²) in [5.74, 6) is 0.920. The lowest BCUT2D eigenvalue weighted by Crippen LogP contribution is -2.19. The minimum absolute atomic E-state index is 0.436. The van der Waals surface area contributed by atoms with Gasteiger partial charge in [-0.25, -0.2) is 18.0 Å². The van der Waals surface area contributed by atoms with Gasteiger partial charge in [0.15, 0.2) is 0 Å². The number of hydrogen-bond acceptors (Lipinski definition) is 7. The van der Waals surface area contributed by atoms with Crippen molar-refractivity contribution < 1.29 is 22.9 Å². The van der Waals surface area contributed by atoms with Crippen LogP contribution in [0.1, 0.15) is 11.3 Å². The van der Waals surface area contributed by atoms with Crippen LogP contribution >= 0.6 is 10.3 Å². The van der Waals surface area contributed by atoms with Crippen molar-refractivity contribution in [3.05, 3.63) is 47.8 Å². The van der Waals surface area contributed by atoms with Crippen molar-refractivity contribution in [2.24, 2.45) is 0 Å². The lowest BCUT2D eigenvalue weighted by Gasteiger charge is -2.33. The van der Waals surface area contributed by atoms with E-state index in [0.29, 0.717) is 17.2 Å². The van der Waals surface area contributed by atoms with Crippen molar-refractivity contribution in [1.82, 2.24) is 14.8 Å². The molecule has 2 N–H and O–H groups in total. The summed E-state index contributed by atoms with van der Waals surface area (Å²) in [6, 6.07) is 9.51. The quantitative estimate of drug-likeness (QED) is 0.624. The summed E-state index contributed by atoms with van der Waals surface area (Å²) in [6.45, 7) is 0. The highest BCUT2D eigenvalue weighted by Crippen LogP contribution is 2.65. The van der Waals surface area contributed by atoms with E-state index in [0.717, 1.165) is 20.8 Å². The summed E-state index contributed by atoms with van der Waals surface area (Å²) >= 11 is 0. The Kier molecular flexibility index (Phi) is 3.97. The minimum Gasteiger partial charge on any atom is -0.231 e. The third-order valence-corrected chi connectivity index (χ3v) is 7.26. The molecular formula is C12H15N3O5S2. The van der Waals surface area contributed by atoms with Gasteiger partial charge in [0, 0.05) is 22.4 Å². The average Bonchev–Trinajstić information content (AvgIpc) is 3.02. The Labute approximate surface area is 129 Å². The van der Waals surface area contributed by atoms with Gasteiger partial charge in [0.05, 0.1) is 17.7 Å². The van der Waals surface area contributed by atoms with Gasteiger partial charge in [-0.2, -0.15) is 9.19 Å². The van der Waals surface area contributed by atoms with Crippen molar-refractivity contribution in [3.8, 4) is 0 Å². The molecule has 0 fully saturated rings. The van der Waals surface area contributed by atoms with Gasteiger partial charge in [0.1, 0.15) is 0 Å². The fraction of sp³-hybridized carbons (Fsp3) is 0.250. The second kappa shape index (κ2) is 5.65. The zero-order valence-electron chi connectivity index (χ0n) is 11.7. The van der Waals surface area contributed by atoms with Gasteiger partial charge in [-0.15, -0.1) is 4.99 Å². The molecule has 3 rings (SSSR count). The maximum atomic E-state index is 11.6. The normalized spacial score (nSPS) is 23.9. The van der Waals surface area contributed by atoms with Gasteiger partial charge in [-0.3, -0.25) is 0 Å². The Morgan fingerprint density at radius 1 is 1.32 bits per heavy atom. The Hall–Kier alpha value is -1.43. The second-order valence-electron chi connectivity index (χ2n) is 4.91. The van der Waals surface area contributed by atoms with Gasteiger partial charge in [-0.1, -0.05) is 28.5 Å². The van der Waals surface area contributed by atoms with Crippen LogP contribution in [0.15, 0.2) is 41.4 Å². The molecule has 0 spiro atoms. The van der Waals surface area contributed by atoms with Gasteiger partial charge in [0.2, 0.25) is 0 Å². The SMILES string of the molecule is CS(=O)(=O)n1cc2c(n1)CS(ONOO)(c1ccccc1)C2. The smallest absolute Gasteiger partial charge is 0.231 e. The molecule has 120 valence electrons. The molecule has 1 aromatic carbocycles. The predicted octanol–water partition coefficient (Wildman–Crippen LogP) is 1.41. The summed E-state index contributed by atoms with van der Waals surface area (Å²) < 4.78 is 29.6. The van der Waals surface area contributed by atoms with E-state index < -0.39 is 20.3 Å². The van der Waals surface area contributed by atoms with Gasteiger partial charge in [0.25, 0.3) is 10.0 Å². The second-order valence-corrected chi connectivity index (χ2v) is 9.59. The topological polar surface area (TPSA) is 103 Å². The summed E-state index contributed by atoms with van der Waals surface area (Å²) in [7, 11) is -5.25. The lowest BCUT2D eigenvalue weighted by molar-refractivity contribution is -0.345. The molecule has 2 heterocycles. The van der Waals surface area contributed by atoms with E-state index in [-0.39, 0.29) is 0 Å². The molecule has 8 nitrogen and oxygen atoms in total. The first-order chi connectivity index (χ1) is 10.4. The first-order valence-electron chi connectivity index (χ1n) is 6.30. The standard InChI is InChI=1S/C12H15N3O5S2/c1-21(17,18)15-7-10-8-22(20-14-19-16,9-12(10)13-15)11-5-3-2-4-6-11/h2-7,14,16H,8-9H2,1H3. The first-order valence-corrected chi connectivity index (χ1v) is 10.0. The molecule has 1 aliphatic rings. The maximum absolute atomic E-state index is 11.6. The lowest BCUT2D eigenvalue weighted by atomic mass is 10.3. The van der Waals surface area contributed by atoms with Crippen LogP contribution in [0.3, 0.4) is 0 Å². The molecule has 2 aromatic rings. The molecule has 0 saturated heterocycles. The molecule has 0 amide bonds. The van der Waals surface area contributed by atoms with Gasteiger partial charge < -0.3 is 0 Å². The highest BCUT2D eigenvalue weighted by Gasteiger charge is 2.39. The number of fused-ring (bicyclic) bond motifs is 1. The molecule has 0 aliphatic carbocycles. The van der Waals surface area contributed by atoms with Crippen LogP contribution in [0, 0.1) is 0 Å². The largest absolute Gasteiger partial charge is 0.250 e. The Morgan fingerprint density at radius 3 is 2.64 bits per heavy atom. The van der Waals surface area contributed by atoms with Gasteiger partial charge in [-0.05, 0) is 17.8 Å². The minimum atomic E-state index is -3.41. The maximum Gasteiger partial charge on any atom is 0.250 e. The number of benzene rings is 1. The van der Waals surface area contributed by atoms with E-state index in [1.165, 1.54) is 6.20 Å². The van der Waals surface area contributed by atoms with E-state index in [1.54, 1.807) is 0 Å². The molecule has 1 aliphatic heterocycles. The fourth-order valence-corrected chi connectivity index (χ4v) is 5.83. The number of aromatic nitrogens is 2. The van der Waals surface area contributed by atoms with Gasteiger partial charge >= 0.3 is 0 Å². The van der Waals surface area contributed by atoms with Crippen LogP contribution in [-0.2, 0) is 30.8 Å². The van der Waals surface area contributed by atoms with Crippen molar-refractivity contribution in [1.29, 1.82) is 0 Å². The van der Waals surface area contributed by atoms with Crippen LogP contribution in [0.5, 0.6) is 0 Å². The van der Waals surface area contributed by atoms with E-state index in [9.17, 15) is 8.42 Å². The van der Waals surface area contributed by atoms with Crippen LogP contribution in [0.25, 0.3) is 0 Å². The van der Waals surface area contributed by atoms with E-state index in [4.69, 9.17) is 9.54 Å². The first kappa shape index (κ1) is 15.5. The van der Waals surface area contributed by atoms with Crippen molar-refractivity contribution >= 4 is 20.3 Å². The number of nitrogens with zero attached hydrogens (tertiary/aromatic N) is 2. The summed E-state index contributed by atoms with van der Waals surface area (Å²) in [5.41, 5.74) is 3.52. The third-order valence-electron chi connectivity index (χ3n) is 3.36. The van der Waals surface area contributed by atoms with Crippen molar-refractivity contribution in [2.75, 3.05) is 6.26 Å². The van der Waals surface area contributed by atoms with Crippen LogP contribution in [0.4, 0.5) is 0 Å². The number of hydrogen-bond donors (Lipinski definition) is 2. The van der Waals surface area contributed by atoms with E-state index >= 15 is 0 Å². The molecule has 10 heteroatoms. The average molecular weight is 345 g/mol.